The van der Waals surface area contributed by atoms with Crippen LogP contribution in [0, 0.1) is 0 Å². The second-order valence-corrected chi connectivity index (χ2v) is 5.22. The number of rotatable bonds is 3. The van der Waals surface area contributed by atoms with Crippen molar-refractivity contribution in [3.05, 3.63) is 0 Å². The van der Waals surface area contributed by atoms with Gasteiger partial charge in [0.05, 0.1) is 18.8 Å². The Balaban J connectivity index is 2.63. The van der Waals surface area contributed by atoms with Crippen LogP contribution in [0.25, 0.3) is 0 Å². The summed E-state index contributed by atoms with van der Waals surface area (Å²) in [5.41, 5.74) is 10.7. The lowest BCUT2D eigenvalue weighted by Crippen LogP contribution is -2.56. The Morgan fingerprint density at radius 1 is 1.31 bits per heavy atom. The molecule has 16 heavy (non-hydrogen) atoms. The number of ether oxygens (including phenoxy) is 1. The third kappa shape index (κ3) is 3.64. The van der Waals surface area contributed by atoms with Gasteiger partial charge >= 0.3 is 0 Å². The molecule has 94 valence electrons. The van der Waals surface area contributed by atoms with E-state index in [-0.39, 0.29) is 23.7 Å². The van der Waals surface area contributed by atoms with Crippen LogP contribution in [0.4, 0.5) is 0 Å². The molecule has 1 aliphatic heterocycles. The molecule has 5 nitrogen and oxygen atoms in total. The SMILES string of the molecule is CC1CN(C(C)(C)CN=C(N)N)CC(C)O1. The Bertz CT molecular complexity index is 251. The zero-order chi connectivity index (χ0) is 12.3. The van der Waals surface area contributed by atoms with Crippen LogP contribution in [0.5, 0.6) is 0 Å². The summed E-state index contributed by atoms with van der Waals surface area (Å²) < 4.78 is 5.71. The molecule has 4 N–H and O–H groups in total. The van der Waals surface area contributed by atoms with Crippen LogP contribution < -0.4 is 11.5 Å². The van der Waals surface area contributed by atoms with Gasteiger partial charge in [0.1, 0.15) is 0 Å². The zero-order valence-electron chi connectivity index (χ0n) is 10.7. The lowest BCUT2D eigenvalue weighted by Gasteiger charge is -2.44. The van der Waals surface area contributed by atoms with Crippen LogP contribution in [0.15, 0.2) is 4.99 Å². The van der Waals surface area contributed by atoms with Crippen LogP contribution in [-0.2, 0) is 4.74 Å². The molecule has 1 saturated heterocycles. The molecule has 1 heterocycles. The number of nitrogens with zero attached hydrogens (tertiary/aromatic N) is 2. The number of morpholine rings is 1. The maximum atomic E-state index is 5.71. The van der Waals surface area contributed by atoms with Crippen molar-refractivity contribution in [2.75, 3.05) is 19.6 Å². The predicted octanol–water partition coefficient (Wildman–Crippen LogP) is 0.148. The molecule has 0 aliphatic carbocycles. The first kappa shape index (κ1) is 13.3. The molecule has 1 fully saturated rings. The average molecular weight is 228 g/mol. The second-order valence-electron chi connectivity index (χ2n) is 5.22. The summed E-state index contributed by atoms with van der Waals surface area (Å²) in [6, 6.07) is 0. The van der Waals surface area contributed by atoms with Crippen LogP contribution in [-0.4, -0.2) is 48.2 Å². The maximum Gasteiger partial charge on any atom is 0.185 e. The molecule has 0 amide bonds. The highest BCUT2D eigenvalue weighted by molar-refractivity contribution is 5.75. The number of nitrogens with two attached hydrogens (primary N) is 2. The second kappa shape index (κ2) is 5.01. The molecule has 5 heteroatoms. The Hall–Kier alpha value is -0.810. The lowest BCUT2D eigenvalue weighted by molar-refractivity contribution is -0.0939. The summed E-state index contributed by atoms with van der Waals surface area (Å²) in [4.78, 5) is 6.50. The van der Waals surface area contributed by atoms with E-state index in [1.54, 1.807) is 0 Å². The van der Waals surface area contributed by atoms with Gasteiger partial charge in [-0.15, -0.1) is 0 Å². The molecule has 2 atom stereocenters. The lowest BCUT2D eigenvalue weighted by atomic mass is 10.0. The summed E-state index contributed by atoms with van der Waals surface area (Å²) in [6.45, 7) is 11.0. The first-order chi connectivity index (χ1) is 7.31. The fraction of sp³-hybridized carbons (Fsp3) is 0.909. The molecule has 0 radical (unpaired) electrons. The number of aliphatic imine (C=N–C) groups is 1. The Morgan fingerprint density at radius 2 is 1.81 bits per heavy atom. The summed E-state index contributed by atoms with van der Waals surface area (Å²) in [5, 5.41) is 0. The molecular formula is C11H24N4O. The highest BCUT2D eigenvalue weighted by Crippen LogP contribution is 2.21. The standard InChI is InChI=1S/C11H24N4O/c1-8-5-15(6-9(2)16-8)11(3,4)7-14-10(12)13/h8-9H,5-7H2,1-4H3,(H4,12,13,14). The van der Waals surface area contributed by atoms with Gasteiger partial charge in [0.25, 0.3) is 0 Å². The zero-order valence-corrected chi connectivity index (χ0v) is 10.7. The summed E-state index contributed by atoms with van der Waals surface area (Å²) in [5.74, 6) is 0.155. The highest BCUT2D eigenvalue weighted by Gasteiger charge is 2.32. The van der Waals surface area contributed by atoms with Crippen molar-refractivity contribution in [1.82, 2.24) is 4.90 Å². The van der Waals surface area contributed by atoms with Crippen LogP contribution in [0.3, 0.4) is 0 Å². The fourth-order valence-electron chi connectivity index (χ4n) is 2.06. The maximum absolute atomic E-state index is 5.71. The third-order valence-corrected chi connectivity index (χ3v) is 2.92. The molecular weight excluding hydrogens is 204 g/mol. The van der Waals surface area contributed by atoms with E-state index < -0.39 is 0 Å². The number of hydrogen-bond acceptors (Lipinski definition) is 3. The van der Waals surface area contributed by atoms with Crippen LogP contribution >= 0.6 is 0 Å². The molecule has 0 spiro atoms. The minimum atomic E-state index is -0.0315. The molecule has 0 bridgehead atoms. The Labute approximate surface area is 97.8 Å². The summed E-state index contributed by atoms with van der Waals surface area (Å²) in [6.07, 6.45) is 0.532. The van der Waals surface area contributed by atoms with E-state index in [0.717, 1.165) is 13.1 Å². The van der Waals surface area contributed by atoms with Crippen LogP contribution in [0.1, 0.15) is 27.7 Å². The first-order valence-electron chi connectivity index (χ1n) is 5.77. The molecule has 1 rings (SSSR count). The van der Waals surface area contributed by atoms with Crippen molar-refractivity contribution in [3.63, 3.8) is 0 Å². The van der Waals surface area contributed by atoms with E-state index in [4.69, 9.17) is 16.2 Å². The van der Waals surface area contributed by atoms with Crippen molar-refractivity contribution in [2.45, 2.75) is 45.4 Å². The van der Waals surface area contributed by atoms with E-state index in [1.807, 2.05) is 0 Å². The third-order valence-electron chi connectivity index (χ3n) is 2.92. The van der Waals surface area contributed by atoms with E-state index in [9.17, 15) is 0 Å². The van der Waals surface area contributed by atoms with Crippen molar-refractivity contribution in [1.29, 1.82) is 0 Å². The van der Waals surface area contributed by atoms with Gasteiger partial charge in [-0.1, -0.05) is 0 Å². The van der Waals surface area contributed by atoms with Crippen molar-refractivity contribution in [2.24, 2.45) is 16.5 Å². The van der Waals surface area contributed by atoms with Gasteiger partial charge in [-0.2, -0.15) is 0 Å². The molecule has 1 aliphatic rings. The first-order valence-corrected chi connectivity index (χ1v) is 5.77. The Morgan fingerprint density at radius 3 is 2.25 bits per heavy atom. The van der Waals surface area contributed by atoms with Gasteiger partial charge in [0, 0.05) is 18.6 Å². The fourth-order valence-corrected chi connectivity index (χ4v) is 2.06. The normalized spacial score (nSPS) is 27.8. The largest absolute Gasteiger partial charge is 0.373 e. The van der Waals surface area contributed by atoms with Gasteiger partial charge in [0.15, 0.2) is 5.96 Å². The van der Waals surface area contributed by atoms with Gasteiger partial charge in [0.2, 0.25) is 0 Å². The number of hydrogen-bond donors (Lipinski definition) is 2. The molecule has 2 unspecified atom stereocenters. The highest BCUT2D eigenvalue weighted by atomic mass is 16.5. The van der Waals surface area contributed by atoms with Gasteiger partial charge in [-0.3, -0.25) is 9.89 Å². The molecule has 0 aromatic heterocycles. The van der Waals surface area contributed by atoms with Crippen molar-refractivity contribution in [3.8, 4) is 0 Å². The predicted molar refractivity (Wildman–Crippen MR) is 66.3 cm³/mol. The minimum Gasteiger partial charge on any atom is -0.373 e. The number of guanidine groups is 1. The Kier molecular flexibility index (Phi) is 4.15. The van der Waals surface area contributed by atoms with E-state index >= 15 is 0 Å². The van der Waals surface area contributed by atoms with Crippen molar-refractivity contribution < 1.29 is 4.74 Å². The smallest absolute Gasteiger partial charge is 0.185 e. The topological polar surface area (TPSA) is 76.9 Å². The van der Waals surface area contributed by atoms with E-state index in [0.29, 0.717) is 6.54 Å². The summed E-state index contributed by atoms with van der Waals surface area (Å²) >= 11 is 0. The van der Waals surface area contributed by atoms with Gasteiger partial charge in [-0.05, 0) is 27.7 Å². The quantitative estimate of drug-likeness (QED) is 0.532. The average Bonchev–Trinajstić information content (AvgIpc) is 2.13. The molecule has 0 saturated carbocycles. The van der Waals surface area contributed by atoms with Crippen LogP contribution in [0.2, 0.25) is 0 Å². The summed E-state index contributed by atoms with van der Waals surface area (Å²) in [7, 11) is 0. The van der Waals surface area contributed by atoms with Gasteiger partial charge in [-0.25, -0.2) is 0 Å². The molecule has 0 aromatic rings. The van der Waals surface area contributed by atoms with E-state index in [1.165, 1.54) is 0 Å². The van der Waals surface area contributed by atoms with Gasteiger partial charge < -0.3 is 16.2 Å². The van der Waals surface area contributed by atoms with Crippen molar-refractivity contribution >= 4 is 5.96 Å². The van der Waals surface area contributed by atoms with E-state index in [2.05, 4.69) is 37.6 Å². The minimum absolute atomic E-state index is 0.0315. The monoisotopic (exact) mass is 228 g/mol. The molecule has 0 aromatic carbocycles.